The number of anilines is 1. The lowest BCUT2D eigenvalue weighted by Gasteiger charge is -2.63. The molecular formula is C26H29ClF2N4O2. The molecule has 9 heteroatoms. The molecule has 1 heterocycles. The lowest BCUT2D eigenvalue weighted by Crippen LogP contribution is -2.74. The van der Waals surface area contributed by atoms with E-state index in [-0.39, 0.29) is 6.10 Å². The molecule has 0 unspecified atom stereocenters. The van der Waals surface area contributed by atoms with Gasteiger partial charge in [-0.3, -0.25) is 4.79 Å². The molecule has 0 atom stereocenters. The number of carbonyl (C=O) groups is 1. The summed E-state index contributed by atoms with van der Waals surface area (Å²) in [5.74, 6) is -2.06. The largest absolute Gasteiger partial charge is 0.489 e. The zero-order chi connectivity index (χ0) is 25.5. The van der Waals surface area contributed by atoms with Gasteiger partial charge in [-0.2, -0.15) is 5.26 Å². The molecule has 186 valence electrons. The Morgan fingerprint density at radius 3 is 2.29 bits per heavy atom. The molecule has 1 saturated heterocycles. The van der Waals surface area contributed by atoms with Gasteiger partial charge in [0.25, 0.3) is 5.91 Å². The fourth-order valence-corrected chi connectivity index (χ4v) is 5.89. The Bertz CT molecular complexity index is 1150. The second-order valence-electron chi connectivity index (χ2n) is 10.3. The van der Waals surface area contributed by atoms with Gasteiger partial charge >= 0.3 is 0 Å². The molecule has 1 saturated carbocycles. The lowest BCUT2D eigenvalue weighted by atomic mass is 9.49. The van der Waals surface area contributed by atoms with Crippen molar-refractivity contribution in [3.8, 4) is 11.8 Å². The van der Waals surface area contributed by atoms with E-state index in [9.17, 15) is 13.6 Å². The number of nitrogens with one attached hydrogen (secondary N) is 2. The first-order chi connectivity index (χ1) is 16.5. The van der Waals surface area contributed by atoms with Crippen LogP contribution in [0.4, 0.5) is 14.5 Å². The van der Waals surface area contributed by atoms with Crippen molar-refractivity contribution in [3.05, 3.63) is 58.1 Å². The highest BCUT2D eigenvalue weighted by Crippen LogP contribution is 2.55. The van der Waals surface area contributed by atoms with Crippen molar-refractivity contribution >= 4 is 23.2 Å². The fraction of sp³-hybridized carbons (Fsp3) is 0.462. The van der Waals surface area contributed by atoms with E-state index in [0.29, 0.717) is 35.1 Å². The van der Waals surface area contributed by atoms with Crippen LogP contribution in [0.1, 0.15) is 43.6 Å². The van der Waals surface area contributed by atoms with Gasteiger partial charge in [-0.15, -0.1) is 0 Å². The molecule has 2 aliphatic rings. The number of piperazine rings is 1. The maximum atomic E-state index is 14.9. The highest BCUT2D eigenvalue weighted by molar-refractivity contribution is 6.31. The molecule has 1 aliphatic heterocycles. The van der Waals surface area contributed by atoms with E-state index >= 15 is 0 Å². The van der Waals surface area contributed by atoms with Gasteiger partial charge in [0, 0.05) is 54.8 Å². The summed E-state index contributed by atoms with van der Waals surface area (Å²) in [6, 6.07) is 8.90. The average Bonchev–Trinajstić information content (AvgIpc) is 2.81. The first-order valence-electron chi connectivity index (χ1n) is 11.6. The van der Waals surface area contributed by atoms with Crippen LogP contribution in [0.3, 0.4) is 0 Å². The monoisotopic (exact) mass is 502 g/mol. The number of rotatable bonds is 5. The van der Waals surface area contributed by atoms with Crippen LogP contribution in [0, 0.1) is 33.8 Å². The summed E-state index contributed by atoms with van der Waals surface area (Å²) in [6.45, 7) is 10.5. The third kappa shape index (κ3) is 4.55. The van der Waals surface area contributed by atoms with Crippen LogP contribution in [0.15, 0.2) is 30.3 Å². The fourth-order valence-electron chi connectivity index (χ4n) is 5.68. The molecule has 1 aliphatic carbocycles. The number of carbonyl (C=O) groups excluding carboxylic acids is 1. The van der Waals surface area contributed by atoms with Crippen molar-refractivity contribution in [2.24, 2.45) is 10.8 Å². The molecule has 1 amide bonds. The smallest absolute Gasteiger partial charge is 0.257 e. The minimum Gasteiger partial charge on any atom is -0.489 e. The van der Waals surface area contributed by atoms with Crippen molar-refractivity contribution in [2.75, 3.05) is 31.1 Å². The summed E-state index contributed by atoms with van der Waals surface area (Å²) >= 11 is 6.14. The topological polar surface area (TPSA) is 77.4 Å². The summed E-state index contributed by atoms with van der Waals surface area (Å²) < 4.78 is 36.1. The van der Waals surface area contributed by atoms with E-state index in [2.05, 4.69) is 10.6 Å². The van der Waals surface area contributed by atoms with E-state index in [1.807, 2.05) is 38.7 Å². The SMILES string of the molecule is CC1(C)C(NC(=O)c2c(F)cc(N3CCNCC3)cc2F)C(C)(C)C1Oc1ccc(C#N)c(Cl)c1. The van der Waals surface area contributed by atoms with Gasteiger partial charge < -0.3 is 20.3 Å². The Morgan fingerprint density at radius 1 is 1.14 bits per heavy atom. The number of ether oxygens (including phenoxy) is 1. The van der Waals surface area contributed by atoms with Crippen molar-refractivity contribution in [3.63, 3.8) is 0 Å². The van der Waals surface area contributed by atoms with Crippen LogP contribution in [0.5, 0.6) is 5.75 Å². The van der Waals surface area contributed by atoms with Gasteiger partial charge in [0.1, 0.15) is 35.1 Å². The van der Waals surface area contributed by atoms with Gasteiger partial charge in [0.15, 0.2) is 0 Å². The summed E-state index contributed by atoms with van der Waals surface area (Å²) in [5, 5.41) is 15.4. The van der Waals surface area contributed by atoms with Crippen LogP contribution >= 0.6 is 11.6 Å². The highest BCUT2D eigenvalue weighted by atomic mass is 35.5. The van der Waals surface area contributed by atoms with Crippen LogP contribution in [0.2, 0.25) is 5.02 Å². The number of nitriles is 1. The summed E-state index contributed by atoms with van der Waals surface area (Å²) in [6.07, 6.45) is -0.325. The van der Waals surface area contributed by atoms with Crippen LogP contribution in [-0.4, -0.2) is 44.2 Å². The number of hydrogen-bond acceptors (Lipinski definition) is 5. The molecule has 0 bridgehead atoms. The van der Waals surface area contributed by atoms with Crippen LogP contribution in [0.25, 0.3) is 0 Å². The molecule has 0 spiro atoms. The molecule has 0 radical (unpaired) electrons. The second-order valence-corrected chi connectivity index (χ2v) is 10.7. The average molecular weight is 503 g/mol. The summed E-state index contributed by atoms with van der Waals surface area (Å²) in [7, 11) is 0. The molecule has 0 aromatic heterocycles. The Balaban J connectivity index is 1.51. The number of halogens is 3. The Morgan fingerprint density at radius 2 is 1.74 bits per heavy atom. The molecule has 6 nitrogen and oxygen atoms in total. The van der Waals surface area contributed by atoms with Crippen molar-refractivity contribution in [1.82, 2.24) is 10.6 Å². The zero-order valence-corrected chi connectivity index (χ0v) is 21.0. The minimum atomic E-state index is -0.883. The normalized spacial score (nSPS) is 22.6. The van der Waals surface area contributed by atoms with Crippen molar-refractivity contribution in [2.45, 2.75) is 39.8 Å². The Kier molecular flexibility index (Phi) is 6.69. The second kappa shape index (κ2) is 9.29. The maximum absolute atomic E-state index is 14.9. The molecule has 2 aromatic carbocycles. The predicted molar refractivity (Wildman–Crippen MR) is 131 cm³/mol. The van der Waals surface area contributed by atoms with Crippen LogP contribution in [-0.2, 0) is 0 Å². The van der Waals surface area contributed by atoms with E-state index < -0.39 is 40.0 Å². The standard InChI is InChI=1S/C26H29ClF2N4O2/c1-25(2)23(26(3,4)24(25)35-17-6-5-15(14-30)18(27)13-17)32-22(34)21-19(28)11-16(12-20(21)29)33-9-7-31-8-10-33/h5-6,11-13,23-24,31H,7-10H2,1-4H3,(H,32,34). The Labute approximate surface area is 209 Å². The molecule has 4 rings (SSSR count). The molecule has 2 N–H and O–H groups in total. The summed E-state index contributed by atoms with van der Waals surface area (Å²) in [4.78, 5) is 14.9. The third-order valence-corrected chi connectivity index (χ3v) is 7.48. The molecular weight excluding hydrogens is 474 g/mol. The van der Waals surface area contributed by atoms with Gasteiger partial charge in [-0.25, -0.2) is 8.78 Å². The first kappa shape index (κ1) is 25.2. The van der Waals surface area contributed by atoms with Gasteiger partial charge in [0.2, 0.25) is 0 Å². The predicted octanol–water partition coefficient (Wildman–Crippen LogP) is 4.51. The summed E-state index contributed by atoms with van der Waals surface area (Å²) in [5.41, 5.74) is -0.903. The van der Waals surface area contributed by atoms with Crippen molar-refractivity contribution < 1.29 is 18.3 Å². The van der Waals surface area contributed by atoms with Gasteiger partial charge in [-0.1, -0.05) is 39.3 Å². The quantitative estimate of drug-likeness (QED) is 0.629. The maximum Gasteiger partial charge on any atom is 0.257 e. The number of nitrogens with zero attached hydrogens (tertiary/aromatic N) is 2. The minimum absolute atomic E-state index is 0.292. The number of amides is 1. The lowest BCUT2D eigenvalue weighted by molar-refractivity contribution is -0.164. The highest BCUT2D eigenvalue weighted by Gasteiger charge is 2.64. The van der Waals surface area contributed by atoms with E-state index in [0.717, 1.165) is 13.1 Å². The molecule has 35 heavy (non-hydrogen) atoms. The van der Waals surface area contributed by atoms with Gasteiger partial charge in [0.05, 0.1) is 10.6 Å². The van der Waals surface area contributed by atoms with E-state index in [1.165, 1.54) is 12.1 Å². The van der Waals surface area contributed by atoms with Crippen LogP contribution < -0.4 is 20.3 Å². The van der Waals surface area contributed by atoms with Crippen molar-refractivity contribution in [1.29, 1.82) is 5.26 Å². The first-order valence-corrected chi connectivity index (χ1v) is 12.0. The third-order valence-electron chi connectivity index (χ3n) is 7.17. The number of benzene rings is 2. The Hall–Kier alpha value is -2.89. The zero-order valence-electron chi connectivity index (χ0n) is 20.2. The van der Waals surface area contributed by atoms with Gasteiger partial charge in [-0.05, 0) is 24.3 Å². The molecule has 2 aromatic rings. The van der Waals surface area contributed by atoms with E-state index in [4.69, 9.17) is 21.6 Å². The number of hydrogen-bond donors (Lipinski definition) is 2. The van der Waals surface area contributed by atoms with E-state index in [1.54, 1.807) is 18.2 Å². The molecule has 2 fully saturated rings.